The minimum atomic E-state index is 0.510. The molecule has 0 aliphatic rings. The molecule has 2 aromatic rings. The monoisotopic (exact) mass is 338 g/mol. The van der Waals surface area contributed by atoms with Crippen LogP contribution in [0.1, 0.15) is 23.1 Å². The zero-order chi connectivity index (χ0) is 14.0. The first-order chi connectivity index (χ1) is 9.01. The summed E-state index contributed by atoms with van der Waals surface area (Å²) in [6, 6.07) is 6.33. The van der Waals surface area contributed by atoms with E-state index in [1.165, 1.54) is 16.0 Å². The summed E-state index contributed by atoms with van der Waals surface area (Å²) in [5.74, 6) is 0.510. The normalized spacial score (nSPS) is 12.7. The molecule has 0 radical (unpaired) electrons. The molecular weight excluding hydrogens is 320 g/mol. The first-order valence-corrected chi connectivity index (χ1v) is 8.05. The van der Waals surface area contributed by atoms with E-state index in [1.54, 1.807) is 11.3 Å². The number of hydrogen-bond donors (Lipinski definition) is 1. The van der Waals surface area contributed by atoms with Crippen molar-refractivity contribution < 1.29 is 0 Å². The average molecular weight is 339 g/mol. The van der Waals surface area contributed by atoms with Crippen LogP contribution < -0.4 is 5.73 Å². The Bertz CT molecular complexity index is 578. The van der Waals surface area contributed by atoms with Crippen LogP contribution in [-0.2, 0) is 6.42 Å². The van der Waals surface area contributed by atoms with Gasteiger partial charge in [-0.3, -0.25) is 0 Å². The number of nitrogens with two attached hydrogens (primary N) is 1. The van der Waals surface area contributed by atoms with Gasteiger partial charge in [-0.1, -0.05) is 28.9 Å². The van der Waals surface area contributed by atoms with Crippen molar-refractivity contribution in [3.05, 3.63) is 38.8 Å². The van der Waals surface area contributed by atoms with Gasteiger partial charge in [0, 0.05) is 14.9 Å². The third-order valence-electron chi connectivity index (χ3n) is 3.26. The number of aryl methyl sites for hydroxylation is 2. The third kappa shape index (κ3) is 3.44. The molecule has 1 aromatic heterocycles. The minimum Gasteiger partial charge on any atom is -0.330 e. The molecule has 4 heteroatoms. The van der Waals surface area contributed by atoms with Crippen LogP contribution in [0.4, 0.5) is 0 Å². The largest absolute Gasteiger partial charge is 0.330 e. The second-order valence-electron chi connectivity index (χ2n) is 5.03. The lowest BCUT2D eigenvalue weighted by atomic mass is 10.1. The molecule has 0 aliphatic carbocycles. The highest BCUT2D eigenvalue weighted by atomic mass is 79.9. The van der Waals surface area contributed by atoms with Crippen molar-refractivity contribution in [1.82, 2.24) is 4.98 Å². The maximum Gasteiger partial charge on any atom is 0.124 e. The van der Waals surface area contributed by atoms with Crippen LogP contribution in [0.5, 0.6) is 0 Å². The van der Waals surface area contributed by atoms with Crippen LogP contribution in [0, 0.1) is 19.8 Å². The third-order valence-corrected chi connectivity index (χ3v) is 4.97. The summed E-state index contributed by atoms with van der Waals surface area (Å²) in [5.41, 5.74) is 9.32. The van der Waals surface area contributed by atoms with E-state index in [-0.39, 0.29) is 0 Å². The van der Waals surface area contributed by atoms with E-state index in [0.29, 0.717) is 5.92 Å². The maximum atomic E-state index is 5.71. The predicted octanol–water partition coefficient (Wildman–Crippen LogP) is 4.33. The lowest BCUT2D eigenvalue weighted by Gasteiger charge is -2.05. The molecule has 2 nitrogen and oxygen atoms in total. The number of rotatable bonds is 4. The van der Waals surface area contributed by atoms with Gasteiger partial charge in [0.1, 0.15) is 5.01 Å². The summed E-state index contributed by atoms with van der Waals surface area (Å²) < 4.78 is 1.10. The Morgan fingerprint density at radius 1 is 1.37 bits per heavy atom. The van der Waals surface area contributed by atoms with Crippen LogP contribution in [0.25, 0.3) is 10.6 Å². The topological polar surface area (TPSA) is 38.9 Å². The van der Waals surface area contributed by atoms with Gasteiger partial charge in [0.2, 0.25) is 0 Å². The molecular formula is C15H19BrN2S. The van der Waals surface area contributed by atoms with E-state index in [2.05, 4.69) is 54.9 Å². The van der Waals surface area contributed by atoms with Gasteiger partial charge in [0.15, 0.2) is 0 Å². The molecule has 1 atom stereocenters. The molecule has 0 bridgehead atoms. The Morgan fingerprint density at radius 3 is 2.79 bits per heavy atom. The molecule has 1 aromatic carbocycles. The van der Waals surface area contributed by atoms with Crippen LogP contribution in [-0.4, -0.2) is 11.5 Å². The number of hydrogen-bond acceptors (Lipinski definition) is 3. The first-order valence-electron chi connectivity index (χ1n) is 6.44. The lowest BCUT2D eigenvalue weighted by Crippen LogP contribution is -2.12. The smallest absolute Gasteiger partial charge is 0.124 e. The van der Waals surface area contributed by atoms with Gasteiger partial charge >= 0.3 is 0 Å². The zero-order valence-electron chi connectivity index (χ0n) is 11.5. The summed E-state index contributed by atoms with van der Waals surface area (Å²) in [4.78, 5) is 6.08. The van der Waals surface area contributed by atoms with E-state index in [4.69, 9.17) is 10.7 Å². The van der Waals surface area contributed by atoms with E-state index in [0.717, 1.165) is 28.1 Å². The standard InChI is InChI=1S/C15H19BrN2S/c1-9(8-17)6-14-11(3)18-15(19-14)13-7-12(16)5-4-10(13)2/h4-5,7,9H,6,8,17H2,1-3H3. The molecule has 19 heavy (non-hydrogen) atoms. The Morgan fingerprint density at radius 2 is 2.11 bits per heavy atom. The van der Waals surface area contributed by atoms with Crippen LogP contribution >= 0.6 is 27.3 Å². The SMILES string of the molecule is Cc1ccc(Br)cc1-c1nc(C)c(CC(C)CN)s1. The molecule has 0 spiro atoms. The van der Waals surface area contributed by atoms with Crippen molar-refractivity contribution in [2.75, 3.05) is 6.54 Å². The minimum absolute atomic E-state index is 0.510. The summed E-state index contributed by atoms with van der Waals surface area (Å²) >= 11 is 5.32. The summed E-state index contributed by atoms with van der Waals surface area (Å²) in [6.07, 6.45) is 1.02. The number of halogens is 1. The fourth-order valence-corrected chi connectivity index (χ4v) is 3.63. The molecule has 0 saturated heterocycles. The van der Waals surface area contributed by atoms with Crippen molar-refractivity contribution in [3.8, 4) is 10.6 Å². The first kappa shape index (κ1) is 14.7. The average Bonchev–Trinajstić information content (AvgIpc) is 2.73. The summed E-state index contributed by atoms with van der Waals surface area (Å²) in [5, 5.41) is 1.11. The van der Waals surface area contributed by atoms with Gasteiger partial charge < -0.3 is 5.73 Å². The fraction of sp³-hybridized carbons (Fsp3) is 0.400. The molecule has 102 valence electrons. The van der Waals surface area contributed by atoms with Gasteiger partial charge in [-0.05, 0) is 50.4 Å². The van der Waals surface area contributed by atoms with Crippen LogP contribution in [0.2, 0.25) is 0 Å². The van der Waals surface area contributed by atoms with Gasteiger partial charge in [-0.25, -0.2) is 4.98 Å². The van der Waals surface area contributed by atoms with Crippen LogP contribution in [0.15, 0.2) is 22.7 Å². The summed E-state index contributed by atoms with van der Waals surface area (Å²) in [6.45, 7) is 7.12. The second-order valence-corrected chi connectivity index (χ2v) is 7.03. The van der Waals surface area contributed by atoms with Crippen molar-refractivity contribution >= 4 is 27.3 Å². The Hall–Kier alpha value is -0.710. The van der Waals surface area contributed by atoms with E-state index < -0.39 is 0 Å². The Kier molecular flexibility index (Phi) is 4.76. The summed E-state index contributed by atoms with van der Waals surface area (Å²) in [7, 11) is 0. The molecule has 1 unspecified atom stereocenters. The zero-order valence-corrected chi connectivity index (χ0v) is 13.9. The molecule has 1 heterocycles. The maximum absolute atomic E-state index is 5.71. The van der Waals surface area contributed by atoms with Gasteiger partial charge in [-0.15, -0.1) is 11.3 Å². The predicted molar refractivity (Wildman–Crippen MR) is 86.6 cm³/mol. The van der Waals surface area contributed by atoms with Crippen molar-refractivity contribution in [1.29, 1.82) is 0 Å². The van der Waals surface area contributed by atoms with Gasteiger partial charge in [0.05, 0.1) is 5.69 Å². The van der Waals surface area contributed by atoms with Crippen molar-refractivity contribution in [2.45, 2.75) is 27.2 Å². The second kappa shape index (κ2) is 6.16. The number of thiazole rings is 1. The van der Waals surface area contributed by atoms with Crippen molar-refractivity contribution in [2.24, 2.45) is 11.7 Å². The number of aromatic nitrogens is 1. The Labute approximate surface area is 127 Å². The molecule has 0 fully saturated rings. The highest BCUT2D eigenvalue weighted by molar-refractivity contribution is 9.10. The van der Waals surface area contributed by atoms with Gasteiger partial charge in [-0.2, -0.15) is 0 Å². The molecule has 0 saturated carbocycles. The van der Waals surface area contributed by atoms with E-state index in [1.807, 2.05) is 0 Å². The molecule has 0 aliphatic heterocycles. The molecule has 0 amide bonds. The molecule has 2 rings (SSSR count). The lowest BCUT2D eigenvalue weighted by molar-refractivity contribution is 0.596. The van der Waals surface area contributed by atoms with E-state index >= 15 is 0 Å². The number of benzene rings is 1. The fourth-order valence-electron chi connectivity index (χ4n) is 1.96. The van der Waals surface area contributed by atoms with Crippen LogP contribution in [0.3, 0.4) is 0 Å². The highest BCUT2D eigenvalue weighted by Gasteiger charge is 2.13. The quantitative estimate of drug-likeness (QED) is 0.901. The highest BCUT2D eigenvalue weighted by Crippen LogP contribution is 2.32. The van der Waals surface area contributed by atoms with Gasteiger partial charge in [0.25, 0.3) is 0 Å². The van der Waals surface area contributed by atoms with E-state index in [9.17, 15) is 0 Å². The number of nitrogens with zero attached hydrogens (tertiary/aromatic N) is 1. The Balaban J connectivity index is 2.36. The van der Waals surface area contributed by atoms with Crippen molar-refractivity contribution in [3.63, 3.8) is 0 Å². The molecule has 2 N–H and O–H groups in total.